The molecule has 1 fully saturated rings. The number of furan rings is 1. The number of halogens is 2. The van der Waals surface area contributed by atoms with Crippen LogP contribution in [0.15, 0.2) is 46.2 Å². The molecule has 142 valence electrons. The molecule has 6 nitrogen and oxygen atoms in total. The van der Waals surface area contributed by atoms with Crippen LogP contribution < -0.4 is 5.32 Å². The van der Waals surface area contributed by atoms with Crippen molar-refractivity contribution < 1.29 is 18.4 Å². The number of nitrogens with one attached hydrogen (secondary N) is 1. The zero-order valence-electron chi connectivity index (χ0n) is 14.6. The molecule has 2 aromatic rings. The van der Waals surface area contributed by atoms with Gasteiger partial charge in [0, 0.05) is 32.5 Å². The van der Waals surface area contributed by atoms with Gasteiger partial charge in [-0.2, -0.15) is 0 Å². The Kier molecular flexibility index (Phi) is 4.88. The van der Waals surface area contributed by atoms with Gasteiger partial charge in [-0.1, -0.05) is 22.8 Å². The summed E-state index contributed by atoms with van der Waals surface area (Å²) in [7, 11) is 0. The maximum absolute atomic E-state index is 13.6. The molecule has 3 heterocycles. The molecule has 0 aliphatic carbocycles. The lowest BCUT2D eigenvalue weighted by atomic mass is 9.96. The number of oxime groups is 1. The van der Waals surface area contributed by atoms with Crippen molar-refractivity contribution in [3.05, 3.63) is 58.8 Å². The number of likely N-dealkylation sites (tertiary alicyclic amines) is 1. The van der Waals surface area contributed by atoms with Gasteiger partial charge < -0.3 is 14.6 Å². The fourth-order valence-corrected chi connectivity index (χ4v) is 3.62. The molecule has 0 bridgehead atoms. The molecular formula is C19H19ClFN3O3. The molecule has 1 atom stereocenters. The van der Waals surface area contributed by atoms with Crippen LogP contribution >= 0.6 is 11.6 Å². The molecular weight excluding hydrogens is 373 g/mol. The third-order valence-electron chi connectivity index (χ3n) is 4.89. The average molecular weight is 392 g/mol. The number of carbonyl (C=O) groups excluding carboxylic acids is 1. The second kappa shape index (κ2) is 7.32. The standard InChI is InChI=1S/C19H19ClFN3O3/c20-15-4-3-13(8-16(15)21)11-24-6-5-19(12-24)9-17(23-27-19)18(25)22-10-14-2-1-7-26-14/h1-4,7-8H,5-6,9-12H2,(H,22,25)/t19-/m1/s1. The molecule has 1 N–H and O–H groups in total. The molecule has 1 aromatic heterocycles. The van der Waals surface area contributed by atoms with E-state index in [1.54, 1.807) is 24.5 Å². The molecule has 1 aromatic carbocycles. The highest BCUT2D eigenvalue weighted by Gasteiger charge is 2.46. The predicted molar refractivity (Wildman–Crippen MR) is 97.7 cm³/mol. The summed E-state index contributed by atoms with van der Waals surface area (Å²) in [6.07, 6.45) is 2.79. The van der Waals surface area contributed by atoms with E-state index >= 15 is 0 Å². The van der Waals surface area contributed by atoms with Crippen molar-refractivity contribution in [1.29, 1.82) is 0 Å². The van der Waals surface area contributed by atoms with Gasteiger partial charge in [0.25, 0.3) is 5.91 Å². The highest BCUT2D eigenvalue weighted by atomic mass is 35.5. The van der Waals surface area contributed by atoms with Crippen LogP contribution in [0.5, 0.6) is 0 Å². The van der Waals surface area contributed by atoms with Crippen LogP contribution in [-0.4, -0.2) is 35.2 Å². The van der Waals surface area contributed by atoms with Crippen molar-refractivity contribution in [3.63, 3.8) is 0 Å². The van der Waals surface area contributed by atoms with E-state index in [9.17, 15) is 9.18 Å². The van der Waals surface area contributed by atoms with Gasteiger partial charge in [0.1, 0.15) is 17.3 Å². The Balaban J connectivity index is 1.31. The summed E-state index contributed by atoms with van der Waals surface area (Å²) in [5.41, 5.74) is 0.757. The minimum atomic E-state index is -0.484. The third-order valence-corrected chi connectivity index (χ3v) is 5.20. The fourth-order valence-electron chi connectivity index (χ4n) is 3.50. The summed E-state index contributed by atoms with van der Waals surface area (Å²) in [4.78, 5) is 20.1. The van der Waals surface area contributed by atoms with Crippen molar-refractivity contribution in [3.8, 4) is 0 Å². The molecule has 0 radical (unpaired) electrons. The van der Waals surface area contributed by atoms with Gasteiger partial charge in [-0.05, 0) is 29.8 Å². The van der Waals surface area contributed by atoms with Crippen LogP contribution in [0.4, 0.5) is 4.39 Å². The number of benzene rings is 1. The largest absolute Gasteiger partial charge is 0.467 e. The Hall–Kier alpha value is -2.38. The average Bonchev–Trinajstić information content (AvgIpc) is 3.39. The minimum Gasteiger partial charge on any atom is -0.467 e. The summed E-state index contributed by atoms with van der Waals surface area (Å²) in [6, 6.07) is 8.40. The van der Waals surface area contributed by atoms with Crippen molar-refractivity contribution in [2.75, 3.05) is 13.1 Å². The van der Waals surface area contributed by atoms with Crippen LogP contribution in [-0.2, 0) is 22.7 Å². The van der Waals surface area contributed by atoms with E-state index in [0.717, 1.165) is 18.5 Å². The van der Waals surface area contributed by atoms with Gasteiger partial charge in [-0.3, -0.25) is 9.69 Å². The Labute approximate surface area is 160 Å². The van der Waals surface area contributed by atoms with E-state index < -0.39 is 11.4 Å². The smallest absolute Gasteiger partial charge is 0.269 e. The topological polar surface area (TPSA) is 67.1 Å². The number of hydrogen-bond acceptors (Lipinski definition) is 5. The molecule has 27 heavy (non-hydrogen) atoms. The molecule has 4 rings (SSSR count). The first-order chi connectivity index (χ1) is 13.0. The summed E-state index contributed by atoms with van der Waals surface area (Å²) in [5.74, 6) is 0.0142. The SMILES string of the molecule is O=C(NCc1ccco1)C1=NO[C@]2(CCN(Cc3ccc(Cl)c(F)c3)C2)C1. The third kappa shape index (κ3) is 3.99. The molecule has 8 heteroatoms. The second-order valence-electron chi connectivity index (χ2n) is 6.96. The molecule has 2 aliphatic heterocycles. The Morgan fingerprint density at radius 2 is 2.30 bits per heavy atom. The van der Waals surface area contributed by atoms with Gasteiger partial charge in [0.2, 0.25) is 0 Å². The van der Waals surface area contributed by atoms with Gasteiger partial charge in [-0.25, -0.2) is 4.39 Å². The van der Waals surface area contributed by atoms with Crippen molar-refractivity contribution in [2.45, 2.75) is 31.5 Å². The maximum atomic E-state index is 13.6. The van der Waals surface area contributed by atoms with E-state index in [1.807, 2.05) is 6.07 Å². The monoisotopic (exact) mass is 391 g/mol. The highest BCUT2D eigenvalue weighted by Crippen LogP contribution is 2.34. The van der Waals surface area contributed by atoms with Crippen molar-refractivity contribution >= 4 is 23.2 Å². The number of hydrogen-bond donors (Lipinski definition) is 1. The lowest BCUT2D eigenvalue weighted by Gasteiger charge is -2.21. The fraction of sp³-hybridized carbons (Fsp3) is 0.368. The summed E-state index contributed by atoms with van der Waals surface area (Å²) in [5, 5.41) is 6.91. The van der Waals surface area contributed by atoms with Gasteiger partial charge in [-0.15, -0.1) is 0 Å². The summed E-state index contributed by atoms with van der Waals surface area (Å²) < 4.78 is 18.8. The van der Waals surface area contributed by atoms with Gasteiger partial charge in [0.05, 0.1) is 17.8 Å². The Morgan fingerprint density at radius 3 is 3.07 bits per heavy atom. The zero-order chi connectivity index (χ0) is 18.9. The molecule has 0 unspecified atom stereocenters. The quantitative estimate of drug-likeness (QED) is 0.850. The second-order valence-corrected chi connectivity index (χ2v) is 7.37. The van der Waals surface area contributed by atoms with Crippen LogP contribution in [0.25, 0.3) is 0 Å². The highest BCUT2D eigenvalue weighted by molar-refractivity contribution is 6.39. The summed E-state index contributed by atoms with van der Waals surface area (Å²) >= 11 is 5.73. The van der Waals surface area contributed by atoms with Crippen molar-refractivity contribution in [1.82, 2.24) is 10.2 Å². The number of carbonyl (C=O) groups is 1. The molecule has 1 saturated heterocycles. The first-order valence-corrected chi connectivity index (χ1v) is 9.13. The lowest BCUT2D eigenvalue weighted by molar-refractivity contribution is -0.115. The maximum Gasteiger partial charge on any atom is 0.269 e. The van der Waals surface area contributed by atoms with E-state index in [4.69, 9.17) is 20.9 Å². The van der Waals surface area contributed by atoms with E-state index in [0.29, 0.717) is 37.5 Å². The molecule has 1 spiro atoms. The molecule has 2 aliphatic rings. The van der Waals surface area contributed by atoms with E-state index in [-0.39, 0.29) is 10.9 Å². The molecule has 1 amide bonds. The van der Waals surface area contributed by atoms with Gasteiger partial charge in [0.15, 0.2) is 5.60 Å². The lowest BCUT2D eigenvalue weighted by Crippen LogP contribution is -2.36. The molecule has 0 saturated carbocycles. The van der Waals surface area contributed by atoms with Crippen LogP contribution in [0.3, 0.4) is 0 Å². The number of amides is 1. The Bertz CT molecular complexity index is 871. The van der Waals surface area contributed by atoms with Crippen LogP contribution in [0.1, 0.15) is 24.2 Å². The number of nitrogens with zero attached hydrogens (tertiary/aromatic N) is 2. The van der Waals surface area contributed by atoms with Crippen LogP contribution in [0.2, 0.25) is 5.02 Å². The zero-order valence-corrected chi connectivity index (χ0v) is 15.3. The first kappa shape index (κ1) is 18.0. The van der Waals surface area contributed by atoms with Crippen molar-refractivity contribution in [2.24, 2.45) is 5.16 Å². The predicted octanol–water partition coefficient (Wildman–Crippen LogP) is 3.11. The Morgan fingerprint density at radius 1 is 1.41 bits per heavy atom. The normalized spacial score (nSPS) is 22.1. The van der Waals surface area contributed by atoms with E-state index in [1.165, 1.54) is 6.07 Å². The van der Waals surface area contributed by atoms with E-state index in [2.05, 4.69) is 15.4 Å². The van der Waals surface area contributed by atoms with Gasteiger partial charge >= 0.3 is 0 Å². The minimum absolute atomic E-state index is 0.120. The summed E-state index contributed by atoms with van der Waals surface area (Å²) in [6.45, 7) is 2.34. The number of rotatable bonds is 5. The van der Waals surface area contributed by atoms with Crippen LogP contribution in [0, 0.1) is 5.82 Å². The first-order valence-electron chi connectivity index (χ1n) is 8.75.